The Labute approximate surface area is 267 Å². The van der Waals surface area contributed by atoms with Gasteiger partial charge in [-0.3, -0.25) is 4.79 Å². The normalized spacial score (nSPS) is 9.98. The van der Waals surface area contributed by atoms with Crippen LogP contribution in [-0.2, 0) is 43.3 Å². The van der Waals surface area contributed by atoms with E-state index in [1.54, 1.807) is 0 Å². The van der Waals surface area contributed by atoms with E-state index in [4.69, 9.17) is 27.6 Å². The molecule has 0 aliphatic heterocycles. The Bertz CT molecular complexity index is 1340. The molecule has 0 aliphatic carbocycles. The molecule has 1 N–H and O–H groups in total. The van der Waals surface area contributed by atoms with Crippen molar-refractivity contribution < 1.29 is 27.6 Å². The minimum Gasteiger partial charge on any atom is -0.483 e. The molecule has 4 aromatic heterocycles. The maximum absolute atomic E-state index is 8.36. The first kappa shape index (κ1) is 40.6. The number of carboxylic acid groups (broad SMARTS) is 1. The highest BCUT2D eigenvalue weighted by atomic mass is 16.4. The van der Waals surface area contributed by atoms with E-state index in [2.05, 4.69) is 68.4 Å². The van der Waals surface area contributed by atoms with Crippen molar-refractivity contribution in [1.82, 2.24) is 0 Å². The van der Waals surface area contributed by atoms with Gasteiger partial charge in [0.1, 0.15) is 46.1 Å². The van der Waals surface area contributed by atoms with Crippen molar-refractivity contribution in [3.63, 3.8) is 0 Å². The van der Waals surface area contributed by atoms with Gasteiger partial charge in [-0.1, -0.05) is 41.5 Å². The Balaban J connectivity index is 0.000000545. The van der Waals surface area contributed by atoms with Crippen LogP contribution in [-0.4, -0.2) is 11.6 Å². The summed E-state index contributed by atoms with van der Waals surface area (Å²) in [5.74, 6) is 8.73. The molecule has 4 aromatic rings. The largest absolute Gasteiger partial charge is 0.483 e. The van der Waals surface area contributed by atoms with E-state index in [1.807, 2.05) is 41.5 Å². The van der Waals surface area contributed by atoms with E-state index in [-0.39, 0.29) is 6.47 Å². The van der Waals surface area contributed by atoms with Crippen molar-refractivity contribution >= 4 is 6.47 Å². The standard InChI is InChI=1S/2C10H16O.C9H14O.C8H12O.CH2O2/c2*1-5-9-7(3)10(6-2)11-8(9)4;1-5-9-6(2)7(3)10-8(9)4;1-4-8-5-6(2)9-7(8)3;2-1-3/h2*5-6H2,1-4H3;5H2,1-4H3;5H,4H2,1-3H3;1H,(H,2,3). The van der Waals surface area contributed by atoms with E-state index in [0.29, 0.717) is 0 Å². The van der Waals surface area contributed by atoms with Gasteiger partial charge in [-0.2, -0.15) is 0 Å². The van der Waals surface area contributed by atoms with Crippen molar-refractivity contribution in [3.05, 3.63) is 91.1 Å². The maximum Gasteiger partial charge on any atom is 0.290 e. The SMILES string of the molecule is CCc1c(C)oc(C)c1C.CCc1cc(C)oc1C.CCc1oc(C)c(CC)c1C.CCc1oc(C)c(CC)c1C.O=CO. The van der Waals surface area contributed by atoms with E-state index < -0.39 is 0 Å². The Morgan fingerprint density at radius 2 is 0.864 bits per heavy atom. The predicted molar refractivity (Wildman–Crippen MR) is 182 cm³/mol. The van der Waals surface area contributed by atoms with E-state index >= 15 is 0 Å². The summed E-state index contributed by atoms with van der Waals surface area (Å²) in [6.07, 6.45) is 6.33. The smallest absolute Gasteiger partial charge is 0.290 e. The summed E-state index contributed by atoms with van der Waals surface area (Å²) in [7, 11) is 0. The summed E-state index contributed by atoms with van der Waals surface area (Å²) in [4.78, 5) is 8.36. The molecule has 0 atom stereocenters. The van der Waals surface area contributed by atoms with Crippen LogP contribution in [0.2, 0.25) is 0 Å². The minimum absolute atomic E-state index is 0.250. The lowest BCUT2D eigenvalue weighted by atomic mass is 10.1. The molecule has 0 amide bonds. The van der Waals surface area contributed by atoms with Crippen molar-refractivity contribution in [1.29, 1.82) is 0 Å². The fraction of sp³-hybridized carbons (Fsp3) is 0.553. The number of furan rings is 4. The summed E-state index contributed by atoms with van der Waals surface area (Å²) in [6, 6.07) is 2.09. The summed E-state index contributed by atoms with van der Waals surface area (Å²) in [5.41, 5.74) is 9.51. The number of carbonyl (C=O) groups is 1. The van der Waals surface area contributed by atoms with Gasteiger partial charge in [0.2, 0.25) is 0 Å². The van der Waals surface area contributed by atoms with Crippen LogP contribution in [0.25, 0.3) is 0 Å². The van der Waals surface area contributed by atoms with Crippen LogP contribution in [0.3, 0.4) is 0 Å². The lowest BCUT2D eigenvalue weighted by molar-refractivity contribution is -0.122. The molecule has 0 spiro atoms. The molecule has 4 rings (SSSR count). The molecule has 0 radical (unpaired) electrons. The zero-order chi connectivity index (χ0) is 34.1. The summed E-state index contributed by atoms with van der Waals surface area (Å²) < 4.78 is 21.9. The number of aryl methyl sites for hydroxylation is 9. The summed E-state index contributed by atoms with van der Waals surface area (Å²) >= 11 is 0. The molecule has 0 aromatic carbocycles. The van der Waals surface area contributed by atoms with Crippen molar-refractivity contribution in [2.45, 2.75) is 142 Å². The number of hydrogen-bond acceptors (Lipinski definition) is 5. The topological polar surface area (TPSA) is 89.9 Å². The van der Waals surface area contributed by atoms with Crippen LogP contribution in [0.5, 0.6) is 0 Å². The van der Waals surface area contributed by atoms with Gasteiger partial charge in [0.25, 0.3) is 6.47 Å². The van der Waals surface area contributed by atoms with Gasteiger partial charge in [-0.05, 0) is 133 Å². The Kier molecular flexibility index (Phi) is 18.9. The molecule has 6 heteroatoms. The lowest BCUT2D eigenvalue weighted by Gasteiger charge is -1.93. The van der Waals surface area contributed by atoms with Gasteiger partial charge in [-0.25, -0.2) is 0 Å². The molecule has 248 valence electrons. The first-order valence-electron chi connectivity index (χ1n) is 16.1. The Morgan fingerprint density at radius 1 is 0.500 bits per heavy atom. The first-order chi connectivity index (χ1) is 20.7. The van der Waals surface area contributed by atoms with E-state index in [9.17, 15) is 0 Å². The zero-order valence-corrected chi connectivity index (χ0v) is 30.4. The molecular weight excluding hydrogens is 552 g/mol. The predicted octanol–water partition coefficient (Wildman–Crippen LogP) is 11.0. The quantitative estimate of drug-likeness (QED) is 0.218. The molecular formula is C38H60O6. The molecule has 0 saturated carbocycles. The van der Waals surface area contributed by atoms with Crippen LogP contribution < -0.4 is 0 Å². The first-order valence-corrected chi connectivity index (χ1v) is 16.1. The molecule has 0 fully saturated rings. The summed E-state index contributed by atoms with van der Waals surface area (Å²) in [6.45, 7) is 31.2. The van der Waals surface area contributed by atoms with Crippen molar-refractivity contribution in [3.8, 4) is 0 Å². The van der Waals surface area contributed by atoms with Gasteiger partial charge >= 0.3 is 0 Å². The third-order valence-corrected chi connectivity index (χ3v) is 8.08. The van der Waals surface area contributed by atoms with Crippen LogP contribution in [0.1, 0.15) is 127 Å². The van der Waals surface area contributed by atoms with Crippen LogP contribution >= 0.6 is 0 Å². The lowest BCUT2D eigenvalue weighted by Crippen LogP contribution is -1.84. The molecule has 6 nitrogen and oxygen atoms in total. The highest BCUT2D eigenvalue weighted by molar-refractivity contribution is 5.33. The highest BCUT2D eigenvalue weighted by Gasteiger charge is 2.11. The number of rotatable bonds is 6. The summed E-state index contributed by atoms with van der Waals surface area (Å²) in [5, 5.41) is 6.89. The molecule has 0 aliphatic rings. The third-order valence-electron chi connectivity index (χ3n) is 8.08. The van der Waals surface area contributed by atoms with Gasteiger partial charge in [-0.15, -0.1) is 0 Å². The third kappa shape index (κ3) is 11.6. The van der Waals surface area contributed by atoms with Crippen molar-refractivity contribution in [2.24, 2.45) is 0 Å². The Hall–Kier alpha value is -3.41. The minimum atomic E-state index is -0.250. The van der Waals surface area contributed by atoms with Crippen molar-refractivity contribution in [2.75, 3.05) is 0 Å². The molecule has 44 heavy (non-hydrogen) atoms. The molecule has 4 heterocycles. The monoisotopic (exact) mass is 612 g/mol. The van der Waals surface area contributed by atoms with Crippen LogP contribution in [0.15, 0.2) is 23.7 Å². The second-order valence-corrected chi connectivity index (χ2v) is 10.9. The maximum atomic E-state index is 8.36. The van der Waals surface area contributed by atoms with Crippen LogP contribution in [0, 0.1) is 62.3 Å². The van der Waals surface area contributed by atoms with Gasteiger partial charge in [0.05, 0.1) is 0 Å². The number of hydrogen-bond donors (Lipinski definition) is 1. The second kappa shape index (κ2) is 20.5. The fourth-order valence-electron chi connectivity index (χ4n) is 5.61. The van der Waals surface area contributed by atoms with Crippen LogP contribution in [0.4, 0.5) is 0 Å². The Morgan fingerprint density at radius 3 is 1.02 bits per heavy atom. The molecule has 0 saturated heterocycles. The van der Waals surface area contributed by atoms with Gasteiger partial charge in [0, 0.05) is 12.8 Å². The van der Waals surface area contributed by atoms with E-state index in [1.165, 1.54) is 38.9 Å². The van der Waals surface area contributed by atoms with Gasteiger partial charge in [0.15, 0.2) is 0 Å². The second-order valence-electron chi connectivity index (χ2n) is 10.9. The average molecular weight is 613 g/mol. The fourth-order valence-corrected chi connectivity index (χ4v) is 5.61. The zero-order valence-electron chi connectivity index (χ0n) is 30.4. The molecule has 0 unspecified atom stereocenters. The van der Waals surface area contributed by atoms with E-state index in [0.717, 1.165) is 84.6 Å². The molecule has 0 bridgehead atoms. The van der Waals surface area contributed by atoms with Gasteiger partial charge < -0.3 is 22.8 Å². The average Bonchev–Trinajstić information content (AvgIpc) is 3.65. The highest BCUT2D eigenvalue weighted by Crippen LogP contribution is 2.23.